The van der Waals surface area contributed by atoms with Crippen LogP contribution in [0.5, 0.6) is 5.75 Å². The third-order valence-corrected chi connectivity index (χ3v) is 3.54. The number of amides is 1. The predicted molar refractivity (Wildman–Crippen MR) is 71.5 cm³/mol. The van der Waals surface area contributed by atoms with E-state index in [0.717, 1.165) is 4.47 Å². The van der Waals surface area contributed by atoms with Gasteiger partial charge in [-0.15, -0.1) is 0 Å². The summed E-state index contributed by atoms with van der Waals surface area (Å²) < 4.78 is 6.55. The number of ether oxygens (including phenoxy) is 1. The van der Waals surface area contributed by atoms with Crippen LogP contribution in [0.4, 0.5) is 0 Å². The summed E-state index contributed by atoms with van der Waals surface area (Å²) in [5.74, 6) is 1.02. The zero-order valence-corrected chi connectivity index (χ0v) is 12.1. The number of hydrogen-bond acceptors (Lipinski definition) is 3. The molecule has 98 valence electrons. The minimum atomic E-state index is -0.218. The molecule has 0 saturated heterocycles. The second-order valence-electron chi connectivity index (χ2n) is 4.36. The van der Waals surface area contributed by atoms with Crippen LogP contribution in [0.1, 0.15) is 23.2 Å². The summed E-state index contributed by atoms with van der Waals surface area (Å²) in [5, 5.41) is 1.19. The van der Waals surface area contributed by atoms with Crippen LogP contribution in [-0.4, -0.2) is 31.7 Å². The topological polar surface area (TPSA) is 38.8 Å². The average molecular weight is 314 g/mol. The number of hydroxylamine groups is 2. The third kappa shape index (κ3) is 3.03. The molecular formula is C13H16BrNO3. The molecule has 0 heterocycles. The van der Waals surface area contributed by atoms with Gasteiger partial charge in [0.05, 0.1) is 23.8 Å². The number of carbonyl (C=O) groups excluding carboxylic acids is 1. The monoisotopic (exact) mass is 313 g/mol. The molecule has 2 rings (SSSR count). The van der Waals surface area contributed by atoms with Crippen LogP contribution in [-0.2, 0) is 4.84 Å². The Morgan fingerprint density at radius 1 is 1.50 bits per heavy atom. The van der Waals surface area contributed by atoms with E-state index in [1.54, 1.807) is 13.1 Å². The third-order valence-electron chi connectivity index (χ3n) is 2.92. The van der Waals surface area contributed by atoms with Gasteiger partial charge in [0.1, 0.15) is 5.75 Å². The Hall–Kier alpha value is -1.07. The van der Waals surface area contributed by atoms with Crippen molar-refractivity contribution in [3.63, 3.8) is 0 Å². The van der Waals surface area contributed by atoms with E-state index in [0.29, 0.717) is 23.8 Å². The van der Waals surface area contributed by atoms with E-state index in [4.69, 9.17) is 9.57 Å². The van der Waals surface area contributed by atoms with Gasteiger partial charge in [-0.3, -0.25) is 9.63 Å². The number of halogens is 1. The molecule has 5 heteroatoms. The fourth-order valence-electron chi connectivity index (χ4n) is 1.56. The SMILES string of the molecule is CON(C)C(=O)c1cccc(Br)c1OCC1CC1. The summed E-state index contributed by atoms with van der Waals surface area (Å²) in [6, 6.07) is 5.42. The van der Waals surface area contributed by atoms with Gasteiger partial charge < -0.3 is 4.74 Å². The summed E-state index contributed by atoms with van der Waals surface area (Å²) in [6.45, 7) is 0.666. The molecule has 1 aromatic rings. The van der Waals surface area contributed by atoms with E-state index >= 15 is 0 Å². The second kappa shape index (κ2) is 5.71. The van der Waals surface area contributed by atoms with Crippen LogP contribution in [0.3, 0.4) is 0 Å². The van der Waals surface area contributed by atoms with E-state index < -0.39 is 0 Å². The van der Waals surface area contributed by atoms with Gasteiger partial charge in [-0.2, -0.15) is 0 Å². The van der Waals surface area contributed by atoms with Crippen molar-refractivity contribution in [1.82, 2.24) is 5.06 Å². The minimum absolute atomic E-state index is 0.218. The van der Waals surface area contributed by atoms with Crippen molar-refractivity contribution in [2.24, 2.45) is 5.92 Å². The maximum Gasteiger partial charge on any atom is 0.280 e. The molecule has 0 atom stereocenters. The molecule has 1 saturated carbocycles. The van der Waals surface area contributed by atoms with E-state index in [1.165, 1.54) is 25.0 Å². The predicted octanol–water partition coefficient (Wildman–Crippen LogP) is 2.87. The van der Waals surface area contributed by atoms with Gasteiger partial charge in [-0.25, -0.2) is 5.06 Å². The summed E-state index contributed by atoms with van der Waals surface area (Å²) >= 11 is 3.42. The highest BCUT2D eigenvalue weighted by Crippen LogP contribution is 2.34. The zero-order chi connectivity index (χ0) is 13.1. The number of benzene rings is 1. The van der Waals surface area contributed by atoms with Gasteiger partial charge >= 0.3 is 0 Å². The van der Waals surface area contributed by atoms with E-state index in [2.05, 4.69) is 15.9 Å². The van der Waals surface area contributed by atoms with E-state index in [1.807, 2.05) is 12.1 Å². The van der Waals surface area contributed by atoms with Crippen LogP contribution in [0.15, 0.2) is 22.7 Å². The van der Waals surface area contributed by atoms with Crippen molar-refractivity contribution in [2.75, 3.05) is 20.8 Å². The summed E-state index contributed by atoms with van der Waals surface area (Å²) in [5.41, 5.74) is 0.509. The van der Waals surface area contributed by atoms with Crippen LogP contribution in [0.25, 0.3) is 0 Å². The van der Waals surface area contributed by atoms with Gasteiger partial charge in [-0.05, 0) is 46.8 Å². The van der Waals surface area contributed by atoms with Crippen LogP contribution < -0.4 is 4.74 Å². The molecule has 0 unspecified atom stereocenters. The highest BCUT2D eigenvalue weighted by molar-refractivity contribution is 9.10. The quantitative estimate of drug-likeness (QED) is 0.785. The first-order valence-electron chi connectivity index (χ1n) is 5.87. The van der Waals surface area contributed by atoms with Crippen molar-refractivity contribution >= 4 is 21.8 Å². The Morgan fingerprint density at radius 3 is 2.83 bits per heavy atom. The first kappa shape index (κ1) is 13.4. The fraction of sp³-hybridized carbons (Fsp3) is 0.462. The first-order chi connectivity index (χ1) is 8.63. The Kier molecular flexibility index (Phi) is 4.24. The lowest BCUT2D eigenvalue weighted by Gasteiger charge is -2.17. The molecule has 0 bridgehead atoms. The molecule has 1 aliphatic carbocycles. The molecule has 1 fully saturated rings. The van der Waals surface area contributed by atoms with Crippen molar-refractivity contribution in [3.8, 4) is 5.75 Å². The molecule has 0 N–H and O–H groups in total. The lowest BCUT2D eigenvalue weighted by atomic mass is 10.2. The summed E-state index contributed by atoms with van der Waals surface area (Å²) in [6.07, 6.45) is 2.43. The van der Waals surface area contributed by atoms with Crippen LogP contribution >= 0.6 is 15.9 Å². The van der Waals surface area contributed by atoms with Crippen LogP contribution in [0.2, 0.25) is 0 Å². The molecule has 1 aromatic carbocycles. The molecule has 18 heavy (non-hydrogen) atoms. The summed E-state index contributed by atoms with van der Waals surface area (Å²) in [7, 11) is 3.04. The number of hydrogen-bond donors (Lipinski definition) is 0. The minimum Gasteiger partial charge on any atom is -0.491 e. The van der Waals surface area contributed by atoms with Gasteiger partial charge in [0.25, 0.3) is 5.91 Å². The first-order valence-corrected chi connectivity index (χ1v) is 6.66. The number of nitrogens with zero attached hydrogens (tertiary/aromatic N) is 1. The van der Waals surface area contributed by atoms with Gasteiger partial charge in [0.15, 0.2) is 0 Å². The van der Waals surface area contributed by atoms with Crippen molar-refractivity contribution in [3.05, 3.63) is 28.2 Å². The van der Waals surface area contributed by atoms with Crippen molar-refractivity contribution in [1.29, 1.82) is 0 Å². The number of carbonyl (C=O) groups is 1. The maximum absolute atomic E-state index is 12.1. The van der Waals surface area contributed by atoms with E-state index in [-0.39, 0.29) is 5.91 Å². The Morgan fingerprint density at radius 2 is 2.22 bits per heavy atom. The average Bonchev–Trinajstić information content (AvgIpc) is 3.19. The van der Waals surface area contributed by atoms with Crippen molar-refractivity contribution < 1.29 is 14.4 Å². The Labute approximate surface area is 115 Å². The number of rotatable bonds is 5. The molecule has 0 aromatic heterocycles. The normalized spacial score (nSPS) is 14.4. The van der Waals surface area contributed by atoms with Gasteiger partial charge in [-0.1, -0.05) is 6.07 Å². The van der Waals surface area contributed by atoms with E-state index in [9.17, 15) is 4.79 Å². The Bertz CT molecular complexity index is 446. The molecule has 0 spiro atoms. The molecule has 1 amide bonds. The van der Waals surface area contributed by atoms with Crippen molar-refractivity contribution in [2.45, 2.75) is 12.8 Å². The molecule has 0 radical (unpaired) electrons. The summed E-state index contributed by atoms with van der Waals surface area (Å²) in [4.78, 5) is 17.0. The molecule has 1 aliphatic rings. The Balaban J connectivity index is 2.21. The standard InChI is InChI=1S/C13H16BrNO3/c1-15(17-2)13(16)10-4-3-5-11(14)12(10)18-8-9-6-7-9/h3-5,9H,6-8H2,1-2H3. The lowest BCUT2D eigenvalue weighted by molar-refractivity contribution is -0.0758. The fourth-order valence-corrected chi connectivity index (χ4v) is 2.04. The maximum atomic E-state index is 12.1. The lowest BCUT2D eigenvalue weighted by Crippen LogP contribution is -2.26. The zero-order valence-electron chi connectivity index (χ0n) is 10.5. The molecule has 4 nitrogen and oxygen atoms in total. The molecule has 0 aliphatic heterocycles. The molecular weight excluding hydrogens is 298 g/mol. The smallest absolute Gasteiger partial charge is 0.280 e. The second-order valence-corrected chi connectivity index (χ2v) is 5.21. The number of para-hydroxylation sites is 1. The largest absolute Gasteiger partial charge is 0.491 e. The highest BCUT2D eigenvalue weighted by atomic mass is 79.9. The van der Waals surface area contributed by atoms with Gasteiger partial charge in [0.2, 0.25) is 0 Å². The van der Waals surface area contributed by atoms with Gasteiger partial charge in [0, 0.05) is 7.05 Å². The van der Waals surface area contributed by atoms with Crippen LogP contribution in [0, 0.1) is 5.92 Å². The highest BCUT2D eigenvalue weighted by Gasteiger charge is 2.24.